The van der Waals surface area contributed by atoms with Crippen molar-refractivity contribution in [3.8, 4) is 17.2 Å². The monoisotopic (exact) mass is 287 g/mol. The first-order chi connectivity index (χ1) is 10.2. The highest BCUT2D eigenvalue weighted by atomic mass is 16.5. The summed E-state index contributed by atoms with van der Waals surface area (Å²) in [5, 5.41) is 3.34. The number of rotatable bonds is 6. The predicted octanol–water partition coefficient (Wildman–Crippen LogP) is 4.02. The molecule has 0 aliphatic carbocycles. The van der Waals surface area contributed by atoms with Gasteiger partial charge in [0.1, 0.15) is 0 Å². The summed E-state index contributed by atoms with van der Waals surface area (Å²) in [5.41, 5.74) is 3.21. The van der Waals surface area contributed by atoms with Crippen LogP contribution in [0, 0.1) is 0 Å². The molecule has 0 amide bonds. The van der Waals surface area contributed by atoms with Crippen LogP contribution in [0.3, 0.4) is 0 Å². The van der Waals surface area contributed by atoms with Crippen LogP contribution in [-0.2, 0) is 6.42 Å². The maximum Gasteiger partial charge on any atom is 0.203 e. The SMILES string of the molecule is CCc1ccc(Nc2cc(OC)c(OC)c(OC)c2)cc1. The summed E-state index contributed by atoms with van der Waals surface area (Å²) in [5.74, 6) is 1.85. The van der Waals surface area contributed by atoms with Gasteiger partial charge in [0.15, 0.2) is 11.5 Å². The average molecular weight is 287 g/mol. The lowest BCUT2D eigenvalue weighted by molar-refractivity contribution is 0.324. The zero-order valence-corrected chi connectivity index (χ0v) is 12.9. The molecule has 0 radical (unpaired) electrons. The van der Waals surface area contributed by atoms with E-state index in [0.717, 1.165) is 17.8 Å². The molecule has 2 rings (SSSR count). The fourth-order valence-corrected chi connectivity index (χ4v) is 2.14. The number of hydrogen-bond donors (Lipinski definition) is 1. The molecule has 0 fully saturated rings. The fraction of sp³-hybridized carbons (Fsp3) is 0.294. The van der Waals surface area contributed by atoms with E-state index in [1.807, 2.05) is 12.1 Å². The van der Waals surface area contributed by atoms with Crippen molar-refractivity contribution in [2.75, 3.05) is 26.6 Å². The van der Waals surface area contributed by atoms with Gasteiger partial charge in [-0.05, 0) is 24.1 Å². The summed E-state index contributed by atoms with van der Waals surface area (Å²) in [4.78, 5) is 0. The molecule has 0 aliphatic rings. The molecular formula is C17H21NO3. The number of nitrogens with one attached hydrogen (secondary N) is 1. The van der Waals surface area contributed by atoms with Crippen LogP contribution < -0.4 is 19.5 Å². The number of ether oxygens (including phenoxy) is 3. The van der Waals surface area contributed by atoms with E-state index < -0.39 is 0 Å². The van der Waals surface area contributed by atoms with Gasteiger partial charge < -0.3 is 19.5 Å². The molecule has 4 nitrogen and oxygen atoms in total. The van der Waals surface area contributed by atoms with Gasteiger partial charge in [-0.25, -0.2) is 0 Å². The van der Waals surface area contributed by atoms with Crippen LogP contribution in [0.4, 0.5) is 11.4 Å². The second kappa shape index (κ2) is 6.88. The van der Waals surface area contributed by atoms with Gasteiger partial charge in [0.05, 0.1) is 21.3 Å². The van der Waals surface area contributed by atoms with Crippen LogP contribution in [0.1, 0.15) is 12.5 Å². The van der Waals surface area contributed by atoms with Crippen molar-refractivity contribution >= 4 is 11.4 Å². The van der Waals surface area contributed by atoms with Crippen LogP contribution in [0.5, 0.6) is 17.2 Å². The third kappa shape index (κ3) is 3.40. The van der Waals surface area contributed by atoms with Gasteiger partial charge >= 0.3 is 0 Å². The third-order valence-electron chi connectivity index (χ3n) is 3.32. The number of aryl methyl sites for hydroxylation is 1. The van der Waals surface area contributed by atoms with E-state index in [9.17, 15) is 0 Å². The quantitative estimate of drug-likeness (QED) is 0.871. The molecule has 21 heavy (non-hydrogen) atoms. The van der Waals surface area contributed by atoms with E-state index in [-0.39, 0.29) is 0 Å². The molecule has 0 aromatic heterocycles. The Morgan fingerprint density at radius 1 is 0.810 bits per heavy atom. The average Bonchev–Trinajstić information content (AvgIpc) is 2.54. The minimum absolute atomic E-state index is 0.590. The maximum atomic E-state index is 5.35. The largest absolute Gasteiger partial charge is 0.493 e. The Balaban J connectivity index is 2.30. The van der Waals surface area contributed by atoms with Crippen molar-refractivity contribution in [1.29, 1.82) is 0 Å². The van der Waals surface area contributed by atoms with E-state index in [1.165, 1.54) is 5.56 Å². The number of benzene rings is 2. The Hall–Kier alpha value is -2.36. The lowest BCUT2D eigenvalue weighted by Crippen LogP contribution is -1.98. The summed E-state index contributed by atoms with van der Waals surface area (Å²) >= 11 is 0. The summed E-state index contributed by atoms with van der Waals surface area (Å²) in [7, 11) is 4.81. The lowest BCUT2D eigenvalue weighted by Gasteiger charge is -2.15. The van der Waals surface area contributed by atoms with Crippen molar-refractivity contribution in [1.82, 2.24) is 0 Å². The fourth-order valence-electron chi connectivity index (χ4n) is 2.14. The van der Waals surface area contributed by atoms with Crippen LogP contribution >= 0.6 is 0 Å². The molecule has 0 spiro atoms. The summed E-state index contributed by atoms with van der Waals surface area (Å²) < 4.78 is 16.0. The second-order valence-corrected chi connectivity index (χ2v) is 4.59. The first-order valence-corrected chi connectivity index (χ1v) is 6.87. The van der Waals surface area contributed by atoms with Crippen molar-refractivity contribution in [3.63, 3.8) is 0 Å². The van der Waals surface area contributed by atoms with Gasteiger partial charge in [-0.1, -0.05) is 19.1 Å². The molecule has 0 aliphatic heterocycles. The molecule has 0 atom stereocenters. The van der Waals surface area contributed by atoms with Crippen LogP contribution in [0.15, 0.2) is 36.4 Å². The molecule has 0 heterocycles. The molecule has 112 valence electrons. The van der Waals surface area contributed by atoms with Gasteiger partial charge in [0, 0.05) is 23.5 Å². The van der Waals surface area contributed by atoms with Crippen molar-refractivity contribution < 1.29 is 14.2 Å². The molecule has 0 saturated heterocycles. The first-order valence-electron chi connectivity index (χ1n) is 6.87. The van der Waals surface area contributed by atoms with Crippen molar-refractivity contribution in [2.24, 2.45) is 0 Å². The normalized spacial score (nSPS) is 10.1. The van der Waals surface area contributed by atoms with Crippen LogP contribution in [0.2, 0.25) is 0 Å². The third-order valence-corrected chi connectivity index (χ3v) is 3.32. The van der Waals surface area contributed by atoms with Crippen molar-refractivity contribution in [2.45, 2.75) is 13.3 Å². The van der Waals surface area contributed by atoms with E-state index in [2.05, 4.69) is 36.5 Å². The minimum Gasteiger partial charge on any atom is -0.493 e. The standard InChI is InChI=1S/C17H21NO3/c1-5-12-6-8-13(9-7-12)18-14-10-15(19-2)17(21-4)16(11-14)20-3/h6-11,18H,5H2,1-4H3. The zero-order valence-electron chi connectivity index (χ0n) is 12.9. The van der Waals surface area contributed by atoms with E-state index in [4.69, 9.17) is 14.2 Å². The first kappa shape index (κ1) is 15.0. The molecule has 0 unspecified atom stereocenters. The second-order valence-electron chi connectivity index (χ2n) is 4.59. The molecule has 2 aromatic carbocycles. The topological polar surface area (TPSA) is 39.7 Å². The van der Waals surface area contributed by atoms with Gasteiger partial charge in [0.2, 0.25) is 5.75 Å². The minimum atomic E-state index is 0.590. The summed E-state index contributed by atoms with van der Waals surface area (Å²) in [6, 6.07) is 12.1. The lowest BCUT2D eigenvalue weighted by atomic mass is 10.1. The molecular weight excluding hydrogens is 266 g/mol. The van der Waals surface area contributed by atoms with Crippen molar-refractivity contribution in [3.05, 3.63) is 42.0 Å². The van der Waals surface area contributed by atoms with Gasteiger partial charge in [0.25, 0.3) is 0 Å². The predicted molar refractivity (Wildman–Crippen MR) is 85.2 cm³/mol. The van der Waals surface area contributed by atoms with Crippen LogP contribution in [0.25, 0.3) is 0 Å². The Bertz CT molecular complexity index is 568. The van der Waals surface area contributed by atoms with Gasteiger partial charge in [-0.2, -0.15) is 0 Å². The number of anilines is 2. The maximum absolute atomic E-state index is 5.35. The Labute approximate surface area is 125 Å². The molecule has 1 N–H and O–H groups in total. The Kier molecular flexibility index (Phi) is 4.93. The van der Waals surface area contributed by atoms with E-state index >= 15 is 0 Å². The number of methoxy groups -OCH3 is 3. The summed E-state index contributed by atoms with van der Waals surface area (Å²) in [6.45, 7) is 2.14. The molecule has 4 heteroatoms. The van der Waals surface area contributed by atoms with Gasteiger partial charge in [-0.3, -0.25) is 0 Å². The smallest absolute Gasteiger partial charge is 0.203 e. The van der Waals surface area contributed by atoms with E-state index in [0.29, 0.717) is 17.2 Å². The Morgan fingerprint density at radius 2 is 1.38 bits per heavy atom. The molecule has 2 aromatic rings. The molecule has 0 saturated carbocycles. The van der Waals surface area contributed by atoms with Gasteiger partial charge in [-0.15, -0.1) is 0 Å². The Morgan fingerprint density at radius 3 is 1.81 bits per heavy atom. The highest BCUT2D eigenvalue weighted by molar-refractivity contribution is 5.68. The number of hydrogen-bond acceptors (Lipinski definition) is 4. The van der Waals surface area contributed by atoms with Crippen LogP contribution in [-0.4, -0.2) is 21.3 Å². The summed E-state index contributed by atoms with van der Waals surface area (Å²) in [6.07, 6.45) is 1.03. The molecule has 0 bridgehead atoms. The highest BCUT2D eigenvalue weighted by Crippen LogP contribution is 2.40. The zero-order chi connectivity index (χ0) is 15.2. The highest BCUT2D eigenvalue weighted by Gasteiger charge is 2.13. The van der Waals surface area contributed by atoms with E-state index in [1.54, 1.807) is 21.3 Å².